The fourth-order valence-corrected chi connectivity index (χ4v) is 1.43. The highest BCUT2D eigenvalue weighted by atomic mass is 19.1. The summed E-state index contributed by atoms with van der Waals surface area (Å²) in [6, 6.07) is 3.71. The molecule has 0 radical (unpaired) electrons. The van der Waals surface area contributed by atoms with Crippen LogP contribution in [-0.2, 0) is 11.3 Å². The molecule has 0 saturated carbocycles. The molecule has 7 heteroatoms. The van der Waals surface area contributed by atoms with Crippen LogP contribution >= 0.6 is 0 Å². The topological polar surface area (TPSA) is 89.9 Å². The number of urea groups is 1. The van der Waals surface area contributed by atoms with Gasteiger partial charge < -0.3 is 20.4 Å². The van der Waals surface area contributed by atoms with E-state index in [0.717, 1.165) is 0 Å². The van der Waals surface area contributed by atoms with Crippen LogP contribution in [0.5, 0.6) is 0 Å². The molecule has 0 fully saturated rings. The van der Waals surface area contributed by atoms with Crippen molar-refractivity contribution in [2.24, 2.45) is 0 Å². The van der Waals surface area contributed by atoms with Crippen molar-refractivity contribution in [1.29, 1.82) is 0 Å². The Balaban J connectivity index is 2.60. The van der Waals surface area contributed by atoms with Gasteiger partial charge in [0.2, 0.25) is 0 Å². The Bertz CT molecular complexity index is 467. The van der Waals surface area contributed by atoms with Crippen LogP contribution in [0.4, 0.5) is 9.18 Å². The molecule has 2 amide bonds. The highest BCUT2D eigenvalue weighted by Gasteiger charge is 2.20. The van der Waals surface area contributed by atoms with Crippen molar-refractivity contribution in [2.45, 2.75) is 12.6 Å². The van der Waals surface area contributed by atoms with Gasteiger partial charge in [-0.1, -0.05) is 12.1 Å². The molecule has 1 aromatic carbocycles. The lowest BCUT2D eigenvalue weighted by molar-refractivity contribution is -0.140. The van der Waals surface area contributed by atoms with E-state index in [2.05, 4.69) is 5.32 Å². The van der Waals surface area contributed by atoms with Crippen molar-refractivity contribution in [3.63, 3.8) is 0 Å². The second kappa shape index (κ2) is 6.69. The number of hydrogen-bond donors (Lipinski definition) is 3. The van der Waals surface area contributed by atoms with Gasteiger partial charge in [0, 0.05) is 13.6 Å². The van der Waals surface area contributed by atoms with Gasteiger partial charge in [-0.25, -0.2) is 14.0 Å². The number of nitrogens with zero attached hydrogens (tertiary/aromatic N) is 1. The predicted molar refractivity (Wildman–Crippen MR) is 64.9 cm³/mol. The van der Waals surface area contributed by atoms with Gasteiger partial charge in [0.05, 0.1) is 6.61 Å². The van der Waals surface area contributed by atoms with Crippen molar-refractivity contribution in [3.8, 4) is 0 Å². The van der Waals surface area contributed by atoms with Crippen LogP contribution in [0.3, 0.4) is 0 Å². The van der Waals surface area contributed by atoms with E-state index >= 15 is 0 Å². The molecule has 1 aromatic rings. The minimum absolute atomic E-state index is 0.126. The van der Waals surface area contributed by atoms with E-state index in [4.69, 9.17) is 10.2 Å². The Morgan fingerprint density at radius 3 is 2.68 bits per heavy atom. The summed E-state index contributed by atoms with van der Waals surface area (Å²) < 4.78 is 13.0. The number of carbonyl (C=O) groups is 2. The summed E-state index contributed by atoms with van der Waals surface area (Å²) in [6.07, 6.45) is 0. The van der Waals surface area contributed by atoms with Crippen LogP contribution in [0.2, 0.25) is 0 Å². The number of carboxylic acids is 1. The minimum Gasteiger partial charge on any atom is -0.480 e. The summed E-state index contributed by atoms with van der Waals surface area (Å²) in [4.78, 5) is 23.5. The van der Waals surface area contributed by atoms with Crippen LogP contribution in [0, 0.1) is 5.82 Å². The number of carbonyl (C=O) groups excluding carboxylic acids is 1. The van der Waals surface area contributed by atoms with E-state index in [-0.39, 0.29) is 6.54 Å². The molecule has 0 aliphatic heterocycles. The number of rotatable bonds is 5. The number of aliphatic carboxylic acids is 1. The molecule has 104 valence electrons. The van der Waals surface area contributed by atoms with Gasteiger partial charge in [-0.05, 0) is 17.7 Å². The molecule has 0 spiro atoms. The molecule has 19 heavy (non-hydrogen) atoms. The number of aliphatic hydroxyl groups excluding tert-OH is 1. The maximum atomic E-state index is 13.0. The summed E-state index contributed by atoms with van der Waals surface area (Å²) in [5.74, 6) is -1.74. The highest BCUT2D eigenvalue weighted by molar-refractivity contribution is 5.82. The Morgan fingerprint density at radius 2 is 2.16 bits per heavy atom. The van der Waals surface area contributed by atoms with E-state index in [1.165, 1.54) is 30.1 Å². The molecule has 1 rings (SSSR count). The minimum atomic E-state index is -1.36. The fourth-order valence-electron chi connectivity index (χ4n) is 1.43. The molecule has 0 aliphatic carbocycles. The SMILES string of the molecule is CN(Cc1cccc(F)c1)C(=O)N[C@H](CO)C(=O)O. The number of hydrogen-bond acceptors (Lipinski definition) is 3. The van der Waals surface area contributed by atoms with Gasteiger partial charge in [-0.2, -0.15) is 0 Å². The highest BCUT2D eigenvalue weighted by Crippen LogP contribution is 2.06. The van der Waals surface area contributed by atoms with Crippen molar-refractivity contribution < 1.29 is 24.2 Å². The second-order valence-corrected chi connectivity index (χ2v) is 4.01. The van der Waals surface area contributed by atoms with E-state index in [1.54, 1.807) is 6.07 Å². The van der Waals surface area contributed by atoms with Gasteiger partial charge >= 0.3 is 12.0 Å². The lowest BCUT2D eigenvalue weighted by Crippen LogP contribution is -2.48. The molecule has 0 bridgehead atoms. The molecule has 1 atom stereocenters. The monoisotopic (exact) mass is 270 g/mol. The lowest BCUT2D eigenvalue weighted by atomic mass is 10.2. The van der Waals surface area contributed by atoms with Crippen molar-refractivity contribution in [3.05, 3.63) is 35.6 Å². The number of aliphatic hydroxyl groups is 1. The normalized spacial score (nSPS) is 11.7. The Kier molecular flexibility index (Phi) is 5.25. The Hall–Kier alpha value is -2.15. The van der Waals surface area contributed by atoms with E-state index in [0.29, 0.717) is 5.56 Å². The zero-order valence-corrected chi connectivity index (χ0v) is 10.3. The van der Waals surface area contributed by atoms with Gasteiger partial charge in [-0.3, -0.25) is 0 Å². The molecular weight excluding hydrogens is 255 g/mol. The quantitative estimate of drug-likeness (QED) is 0.723. The first-order valence-electron chi connectivity index (χ1n) is 5.53. The Labute approximate surface area is 109 Å². The molecule has 3 N–H and O–H groups in total. The summed E-state index contributed by atoms with van der Waals surface area (Å²) in [6.45, 7) is -0.573. The van der Waals surface area contributed by atoms with Crippen LogP contribution in [-0.4, -0.2) is 46.8 Å². The molecule has 6 nitrogen and oxygen atoms in total. The molecule has 0 saturated heterocycles. The summed E-state index contributed by atoms with van der Waals surface area (Å²) >= 11 is 0. The van der Waals surface area contributed by atoms with Crippen LogP contribution in [0.1, 0.15) is 5.56 Å². The average molecular weight is 270 g/mol. The number of carboxylic acid groups (broad SMARTS) is 1. The van der Waals surface area contributed by atoms with Gasteiger partial charge in [0.1, 0.15) is 5.82 Å². The summed E-state index contributed by atoms with van der Waals surface area (Å²) in [7, 11) is 1.44. The standard InChI is InChI=1S/C12H15FN2O4/c1-15(6-8-3-2-4-9(13)5-8)12(19)14-10(7-16)11(17)18/h2-5,10,16H,6-7H2,1H3,(H,14,19)(H,17,18)/t10-/m1/s1. The molecule has 0 heterocycles. The molecule has 0 aromatic heterocycles. The largest absolute Gasteiger partial charge is 0.480 e. The Morgan fingerprint density at radius 1 is 1.47 bits per heavy atom. The molecule has 0 aliphatic rings. The maximum absolute atomic E-state index is 13.0. The molecular formula is C12H15FN2O4. The number of amides is 2. The number of benzene rings is 1. The third-order valence-corrected chi connectivity index (χ3v) is 2.43. The van der Waals surface area contributed by atoms with Gasteiger partial charge in [0.15, 0.2) is 6.04 Å². The zero-order valence-electron chi connectivity index (χ0n) is 10.3. The average Bonchev–Trinajstić information content (AvgIpc) is 2.35. The summed E-state index contributed by atoms with van der Waals surface area (Å²) in [5, 5.41) is 19.6. The van der Waals surface area contributed by atoms with Gasteiger partial charge in [-0.15, -0.1) is 0 Å². The fraction of sp³-hybridized carbons (Fsp3) is 0.333. The summed E-state index contributed by atoms with van der Waals surface area (Å²) in [5.41, 5.74) is 0.577. The third-order valence-electron chi connectivity index (χ3n) is 2.43. The van der Waals surface area contributed by atoms with Crippen molar-refractivity contribution in [2.75, 3.05) is 13.7 Å². The van der Waals surface area contributed by atoms with Gasteiger partial charge in [0.25, 0.3) is 0 Å². The first-order valence-corrected chi connectivity index (χ1v) is 5.53. The second-order valence-electron chi connectivity index (χ2n) is 4.01. The predicted octanol–water partition coefficient (Wildman–Crippen LogP) is 0.413. The van der Waals surface area contributed by atoms with Crippen molar-refractivity contribution in [1.82, 2.24) is 10.2 Å². The first-order chi connectivity index (χ1) is 8.93. The number of nitrogens with one attached hydrogen (secondary N) is 1. The van der Waals surface area contributed by atoms with E-state index in [1.807, 2.05) is 0 Å². The van der Waals surface area contributed by atoms with Crippen molar-refractivity contribution >= 4 is 12.0 Å². The van der Waals surface area contributed by atoms with E-state index < -0.39 is 30.5 Å². The van der Waals surface area contributed by atoms with E-state index in [9.17, 15) is 14.0 Å². The maximum Gasteiger partial charge on any atom is 0.328 e. The van der Waals surface area contributed by atoms with Crippen LogP contribution in [0.15, 0.2) is 24.3 Å². The lowest BCUT2D eigenvalue weighted by Gasteiger charge is -2.20. The molecule has 0 unspecified atom stereocenters. The van der Waals surface area contributed by atoms with Crippen LogP contribution in [0.25, 0.3) is 0 Å². The third kappa shape index (κ3) is 4.55. The first kappa shape index (κ1) is 14.9. The zero-order chi connectivity index (χ0) is 14.4. The number of halogens is 1. The van der Waals surface area contributed by atoms with Crippen LogP contribution < -0.4 is 5.32 Å². The smallest absolute Gasteiger partial charge is 0.328 e.